The first-order valence-corrected chi connectivity index (χ1v) is 7.95. The summed E-state index contributed by atoms with van der Waals surface area (Å²) in [5, 5.41) is 2.07. The number of rotatable bonds is 5. The maximum Gasteiger partial charge on any atom is 0.331 e. The third-order valence-electron chi connectivity index (χ3n) is 3.80. The van der Waals surface area contributed by atoms with Crippen LogP contribution in [0.4, 0.5) is 0 Å². The number of nitrogens with one attached hydrogen (secondary N) is 1. The fourth-order valence-corrected chi connectivity index (χ4v) is 2.47. The molecule has 2 amide bonds. The quantitative estimate of drug-likeness (QED) is 0.385. The highest BCUT2D eigenvalue weighted by atomic mass is 16.5. The zero-order valence-electron chi connectivity index (χ0n) is 13.7. The number of amides is 2. The molecule has 1 fully saturated rings. The number of esters is 1. The Hall–Kier alpha value is -3.54. The summed E-state index contributed by atoms with van der Waals surface area (Å²) in [6, 6.07) is 15.7. The molecule has 1 aliphatic rings. The van der Waals surface area contributed by atoms with Crippen molar-refractivity contribution in [1.82, 2.24) is 5.32 Å². The van der Waals surface area contributed by atoms with E-state index in [4.69, 9.17) is 4.74 Å². The molecule has 0 radical (unpaired) electrons. The van der Waals surface area contributed by atoms with E-state index in [2.05, 4.69) is 5.32 Å². The van der Waals surface area contributed by atoms with E-state index in [1.165, 1.54) is 12.2 Å². The molecular formula is C20H15NO5. The van der Waals surface area contributed by atoms with Crippen LogP contribution in [0.25, 0.3) is 6.08 Å². The van der Waals surface area contributed by atoms with E-state index in [1.54, 1.807) is 48.5 Å². The first kappa shape index (κ1) is 17.3. The predicted octanol–water partition coefficient (Wildman–Crippen LogP) is 1.89. The maximum absolute atomic E-state index is 12.3. The molecule has 0 spiro atoms. The van der Waals surface area contributed by atoms with Gasteiger partial charge in [-0.05, 0) is 11.6 Å². The van der Waals surface area contributed by atoms with Crippen molar-refractivity contribution >= 4 is 29.6 Å². The summed E-state index contributed by atoms with van der Waals surface area (Å²) in [7, 11) is 0. The molecule has 0 aromatic heterocycles. The third-order valence-corrected chi connectivity index (χ3v) is 3.80. The highest BCUT2D eigenvalue weighted by molar-refractivity contribution is 6.09. The van der Waals surface area contributed by atoms with Gasteiger partial charge in [-0.1, -0.05) is 54.6 Å². The Balaban J connectivity index is 1.61. The molecule has 1 saturated heterocycles. The summed E-state index contributed by atoms with van der Waals surface area (Å²) >= 11 is 0. The van der Waals surface area contributed by atoms with Crippen LogP contribution >= 0.6 is 0 Å². The Bertz CT molecular complexity index is 884. The Morgan fingerprint density at radius 2 is 1.62 bits per heavy atom. The Kier molecular flexibility index (Phi) is 5.03. The Morgan fingerprint density at radius 1 is 0.962 bits per heavy atom. The molecule has 26 heavy (non-hydrogen) atoms. The molecule has 1 aliphatic heterocycles. The van der Waals surface area contributed by atoms with Crippen molar-refractivity contribution in [2.75, 3.05) is 0 Å². The van der Waals surface area contributed by atoms with E-state index in [0.717, 1.165) is 0 Å². The largest absolute Gasteiger partial charge is 0.449 e. The lowest BCUT2D eigenvalue weighted by Gasteiger charge is -2.05. The lowest BCUT2D eigenvalue weighted by molar-refractivity contribution is -0.149. The minimum absolute atomic E-state index is 0.0857. The fraction of sp³-hybridized carbons (Fsp3) is 0.100. The standard InChI is InChI=1S/C20H15NO5/c22-17-12-16(20(25)21-17)26-18(23)11-8-13-6-9-15(10-7-13)19(24)14-4-2-1-3-5-14/h1-11,16H,12H2,(H,21,22,25)/b11-8+. The Morgan fingerprint density at radius 3 is 2.23 bits per heavy atom. The summed E-state index contributed by atoms with van der Waals surface area (Å²) in [4.78, 5) is 46.4. The topological polar surface area (TPSA) is 89.5 Å². The number of carbonyl (C=O) groups excluding carboxylic acids is 4. The lowest BCUT2D eigenvalue weighted by Crippen LogP contribution is -2.27. The molecule has 0 aliphatic carbocycles. The molecule has 1 N–H and O–H groups in total. The van der Waals surface area contributed by atoms with E-state index in [-0.39, 0.29) is 12.2 Å². The van der Waals surface area contributed by atoms with Crippen LogP contribution in [0.5, 0.6) is 0 Å². The van der Waals surface area contributed by atoms with Gasteiger partial charge < -0.3 is 4.74 Å². The number of ether oxygens (including phenoxy) is 1. The summed E-state index contributed by atoms with van der Waals surface area (Å²) in [5.41, 5.74) is 1.83. The zero-order valence-corrected chi connectivity index (χ0v) is 13.7. The molecule has 0 saturated carbocycles. The zero-order chi connectivity index (χ0) is 18.5. The van der Waals surface area contributed by atoms with Gasteiger partial charge >= 0.3 is 5.97 Å². The summed E-state index contributed by atoms with van der Waals surface area (Å²) in [6.07, 6.45) is 1.44. The van der Waals surface area contributed by atoms with Crippen molar-refractivity contribution in [3.63, 3.8) is 0 Å². The number of ketones is 1. The number of hydrogen-bond acceptors (Lipinski definition) is 5. The molecule has 0 bridgehead atoms. The van der Waals surface area contributed by atoms with Crippen molar-refractivity contribution in [1.29, 1.82) is 0 Å². The molecule has 1 atom stereocenters. The van der Waals surface area contributed by atoms with Gasteiger partial charge in [-0.15, -0.1) is 0 Å². The van der Waals surface area contributed by atoms with Crippen LogP contribution in [-0.4, -0.2) is 29.7 Å². The number of imide groups is 1. The summed E-state index contributed by atoms with van der Waals surface area (Å²) in [6.45, 7) is 0. The van der Waals surface area contributed by atoms with E-state index in [9.17, 15) is 19.2 Å². The minimum Gasteiger partial charge on any atom is -0.449 e. The third kappa shape index (κ3) is 4.10. The van der Waals surface area contributed by atoms with Gasteiger partial charge in [0.05, 0.1) is 6.42 Å². The average molecular weight is 349 g/mol. The number of carbonyl (C=O) groups is 4. The van der Waals surface area contributed by atoms with Crippen LogP contribution in [0.3, 0.4) is 0 Å². The molecule has 2 aromatic carbocycles. The normalized spacial score (nSPS) is 16.5. The van der Waals surface area contributed by atoms with Gasteiger partial charge in [-0.25, -0.2) is 4.79 Å². The highest BCUT2D eigenvalue weighted by Gasteiger charge is 2.33. The van der Waals surface area contributed by atoms with Crippen LogP contribution in [-0.2, 0) is 19.1 Å². The van der Waals surface area contributed by atoms with Crippen LogP contribution in [0, 0.1) is 0 Å². The molecule has 130 valence electrons. The van der Waals surface area contributed by atoms with Crippen molar-refractivity contribution in [2.45, 2.75) is 12.5 Å². The molecule has 1 heterocycles. The smallest absolute Gasteiger partial charge is 0.331 e. The lowest BCUT2D eigenvalue weighted by atomic mass is 10.0. The van der Waals surface area contributed by atoms with Gasteiger partial charge in [-0.3, -0.25) is 19.7 Å². The molecule has 2 aromatic rings. The van der Waals surface area contributed by atoms with Gasteiger partial charge in [0.1, 0.15) is 0 Å². The molecule has 6 heteroatoms. The van der Waals surface area contributed by atoms with Gasteiger partial charge in [0.2, 0.25) is 5.91 Å². The molecule has 3 rings (SSSR count). The van der Waals surface area contributed by atoms with Crippen molar-refractivity contribution in [2.24, 2.45) is 0 Å². The van der Waals surface area contributed by atoms with Gasteiger partial charge in [-0.2, -0.15) is 0 Å². The number of benzene rings is 2. The van der Waals surface area contributed by atoms with Crippen molar-refractivity contribution in [3.05, 3.63) is 77.4 Å². The van der Waals surface area contributed by atoms with Crippen molar-refractivity contribution in [3.8, 4) is 0 Å². The maximum atomic E-state index is 12.3. The van der Waals surface area contributed by atoms with E-state index >= 15 is 0 Å². The summed E-state index contributed by atoms with van der Waals surface area (Å²) in [5.74, 6) is -1.88. The van der Waals surface area contributed by atoms with E-state index in [0.29, 0.717) is 16.7 Å². The molecular weight excluding hydrogens is 334 g/mol. The second kappa shape index (κ2) is 7.57. The van der Waals surface area contributed by atoms with E-state index < -0.39 is 23.9 Å². The van der Waals surface area contributed by atoms with Gasteiger partial charge in [0.25, 0.3) is 5.91 Å². The second-order valence-corrected chi connectivity index (χ2v) is 5.69. The predicted molar refractivity (Wildman–Crippen MR) is 93.0 cm³/mol. The molecule has 1 unspecified atom stereocenters. The van der Waals surface area contributed by atoms with Crippen LogP contribution in [0.2, 0.25) is 0 Å². The molecule has 6 nitrogen and oxygen atoms in total. The first-order chi connectivity index (χ1) is 12.5. The first-order valence-electron chi connectivity index (χ1n) is 7.95. The van der Waals surface area contributed by atoms with Crippen molar-refractivity contribution < 1.29 is 23.9 Å². The van der Waals surface area contributed by atoms with Crippen LogP contribution in [0.15, 0.2) is 60.7 Å². The van der Waals surface area contributed by atoms with Gasteiger partial charge in [0, 0.05) is 17.2 Å². The Labute approximate surface area is 149 Å². The van der Waals surface area contributed by atoms with Crippen LogP contribution in [0.1, 0.15) is 27.9 Å². The van der Waals surface area contributed by atoms with E-state index in [1.807, 2.05) is 6.07 Å². The monoisotopic (exact) mass is 349 g/mol. The number of hydrogen-bond donors (Lipinski definition) is 1. The van der Waals surface area contributed by atoms with Gasteiger partial charge in [0.15, 0.2) is 11.9 Å². The average Bonchev–Trinajstić information content (AvgIpc) is 2.97. The minimum atomic E-state index is -1.08. The second-order valence-electron chi connectivity index (χ2n) is 5.69. The SMILES string of the molecule is O=C1CC(OC(=O)/C=C/c2ccc(C(=O)c3ccccc3)cc2)C(=O)N1. The van der Waals surface area contributed by atoms with Crippen LogP contribution < -0.4 is 5.32 Å². The summed E-state index contributed by atoms with van der Waals surface area (Å²) < 4.78 is 4.92. The highest BCUT2D eigenvalue weighted by Crippen LogP contribution is 2.12. The fourth-order valence-electron chi connectivity index (χ4n) is 2.47.